The Balaban J connectivity index is 1.32. The van der Waals surface area contributed by atoms with Crippen LogP contribution in [0.25, 0.3) is 11.3 Å². The molecule has 1 amide bonds. The molecule has 4 heterocycles. The molecule has 0 saturated heterocycles. The number of rotatable bonds is 6. The Labute approximate surface area is 173 Å². The van der Waals surface area contributed by atoms with Crippen LogP contribution in [0.2, 0.25) is 0 Å². The molecule has 3 aromatic rings. The Morgan fingerprint density at radius 3 is 2.73 bits per heavy atom. The Bertz CT molecular complexity index is 1080. The van der Waals surface area contributed by atoms with Crippen molar-refractivity contribution in [3.8, 4) is 11.3 Å². The van der Waals surface area contributed by atoms with Gasteiger partial charge in [0, 0.05) is 56.4 Å². The van der Waals surface area contributed by atoms with Crippen LogP contribution in [0.3, 0.4) is 0 Å². The van der Waals surface area contributed by atoms with Gasteiger partial charge in [0.15, 0.2) is 0 Å². The van der Waals surface area contributed by atoms with Crippen LogP contribution < -0.4 is 4.90 Å². The summed E-state index contributed by atoms with van der Waals surface area (Å²) in [5, 5.41) is 4.39. The molecule has 0 aromatic carbocycles. The van der Waals surface area contributed by atoms with E-state index in [0.29, 0.717) is 17.8 Å². The summed E-state index contributed by atoms with van der Waals surface area (Å²) < 4.78 is 15.1. The molecule has 4 rings (SSSR count). The second-order valence-corrected chi connectivity index (χ2v) is 7.42. The quantitative estimate of drug-likeness (QED) is 0.627. The van der Waals surface area contributed by atoms with Gasteiger partial charge in [-0.1, -0.05) is 6.07 Å². The molecule has 0 saturated carbocycles. The van der Waals surface area contributed by atoms with Crippen molar-refractivity contribution in [1.82, 2.24) is 19.7 Å². The molecule has 30 heavy (non-hydrogen) atoms. The summed E-state index contributed by atoms with van der Waals surface area (Å²) in [4.78, 5) is 34.8. The number of ketones is 1. The summed E-state index contributed by atoms with van der Waals surface area (Å²) in [6.07, 6.45) is 5.69. The number of aryl methyl sites for hydroxylation is 2. The number of aromatic nitrogens is 4. The van der Waals surface area contributed by atoms with Crippen LogP contribution in [-0.4, -0.2) is 38.0 Å². The summed E-state index contributed by atoms with van der Waals surface area (Å²) in [7, 11) is 0. The largest absolute Gasteiger partial charge is 0.299 e. The first kappa shape index (κ1) is 19.9. The average Bonchev–Trinajstić information content (AvgIpc) is 3.12. The third-order valence-corrected chi connectivity index (χ3v) is 5.05. The van der Waals surface area contributed by atoms with Crippen molar-refractivity contribution in [3.63, 3.8) is 0 Å². The summed E-state index contributed by atoms with van der Waals surface area (Å²) in [5.41, 5.74) is 2.80. The number of carbonyl (C=O) groups excluding carboxylic acids is 2. The van der Waals surface area contributed by atoms with Crippen molar-refractivity contribution >= 4 is 17.5 Å². The number of hydrogen-bond acceptors (Lipinski definition) is 5. The maximum Gasteiger partial charge on any atom is 0.228 e. The van der Waals surface area contributed by atoms with Crippen LogP contribution in [0.15, 0.2) is 42.9 Å². The van der Waals surface area contributed by atoms with Crippen molar-refractivity contribution in [1.29, 1.82) is 0 Å². The van der Waals surface area contributed by atoms with Gasteiger partial charge in [-0.3, -0.25) is 24.5 Å². The van der Waals surface area contributed by atoms with E-state index >= 15 is 0 Å². The van der Waals surface area contributed by atoms with Gasteiger partial charge in [-0.15, -0.1) is 0 Å². The van der Waals surface area contributed by atoms with Crippen LogP contribution in [0.4, 0.5) is 10.2 Å². The summed E-state index contributed by atoms with van der Waals surface area (Å²) in [6, 6.07) is 6.79. The van der Waals surface area contributed by atoms with Crippen LogP contribution in [0, 0.1) is 12.7 Å². The zero-order valence-corrected chi connectivity index (χ0v) is 16.7. The SMILES string of the molecule is Cc1cc2n(n1)CCCN2C(=O)CCC(=O)Cc1ccc(-c2cncc(F)c2)nc1. The van der Waals surface area contributed by atoms with Crippen molar-refractivity contribution in [2.45, 2.75) is 39.2 Å². The fraction of sp³-hybridized carbons (Fsp3) is 0.318. The van der Waals surface area contributed by atoms with Gasteiger partial charge in [0.2, 0.25) is 5.91 Å². The molecule has 0 unspecified atom stereocenters. The van der Waals surface area contributed by atoms with E-state index in [0.717, 1.165) is 36.2 Å². The first-order chi connectivity index (χ1) is 14.5. The molecule has 0 fully saturated rings. The zero-order valence-electron chi connectivity index (χ0n) is 16.7. The number of pyridine rings is 2. The molecule has 1 aliphatic heterocycles. The molecule has 0 atom stereocenters. The predicted octanol–water partition coefficient (Wildman–Crippen LogP) is 3.12. The second-order valence-electron chi connectivity index (χ2n) is 7.42. The van der Waals surface area contributed by atoms with Crippen molar-refractivity contribution in [2.24, 2.45) is 0 Å². The molecule has 0 aliphatic carbocycles. The highest BCUT2D eigenvalue weighted by molar-refractivity contribution is 5.95. The summed E-state index contributed by atoms with van der Waals surface area (Å²) >= 11 is 0. The van der Waals surface area contributed by atoms with E-state index in [9.17, 15) is 14.0 Å². The number of anilines is 1. The van der Waals surface area contributed by atoms with Gasteiger partial charge < -0.3 is 0 Å². The van der Waals surface area contributed by atoms with Gasteiger partial charge in [0.1, 0.15) is 17.4 Å². The molecular weight excluding hydrogens is 385 g/mol. The molecule has 154 valence electrons. The Morgan fingerprint density at radius 2 is 1.97 bits per heavy atom. The van der Waals surface area contributed by atoms with Crippen LogP contribution in [0.5, 0.6) is 0 Å². The number of nitrogens with zero attached hydrogens (tertiary/aromatic N) is 5. The van der Waals surface area contributed by atoms with Gasteiger partial charge in [0.25, 0.3) is 0 Å². The van der Waals surface area contributed by atoms with Gasteiger partial charge in [-0.25, -0.2) is 9.07 Å². The highest BCUT2D eigenvalue weighted by atomic mass is 19.1. The number of hydrogen-bond donors (Lipinski definition) is 0. The van der Waals surface area contributed by atoms with E-state index in [4.69, 9.17) is 0 Å². The fourth-order valence-electron chi connectivity index (χ4n) is 3.61. The summed E-state index contributed by atoms with van der Waals surface area (Å²) in [6.45, 7) is 3.36. The topological polar surface area (TPSA) is 81.0 Å². The molecule has 1 aliphatic rings. The normalized spacial score (nSPS) is 13.2. The Kier molecular flexibility index (Phi) is 5.65. The Hall–Kier alpha value is -3.42. The standard InChI is InChI=1S/C22H22FN5O2/c1-15-9-21-27(7-2-8-28(21)26-15)22(30)6-4-19(29)10-16-3-5-20(25-12-16)17-11-18(23)14-24-13-17/h3,5,9,11-14H,2,4,6-8,10H2,1H3. The average molecular weight is 407 g/mol. The molecule has 3 aromatic heterocycles. The first-order valence-electron chi connectivity index (χ1n) is 9.92. The monoisotopic (exact) mass is 407 g/mol. The highest BCUT2D eigenvalue weighted by Crippen LogP contribution is 2.23. The number of fused-ring (bicyclic) bond motifs is 1. The highest BCUT2D eigenvalue weighted by Gasteiger charge is 2.24. The zero-order chi connectivity index (χ0) is 21.1. The van der Waals surface area contributed by atoms with Crippen molar-refractivity contribution in [2.75, 3.05) is 11.4 Å². The number of carbonyl (C=O) groups is 2. The smallest absolute Gasteiger partial charge is 0.228 e. The van der Waals surface area contributed by atoms with Gasteiger partial charge >= 0.3 is 0 Å². The van der Waals surface area contributed by atoms with Crippen LogP contribution in [-0.2, 0) is 22.6 Å². The van der Waals surface area contributed by atoms with Gasteiger partial charge in [-0.05, 0) is 31.0 Å². The molecule has 8 heteroatoms. The van der Waals surface area contributed by atoms with E-state index in [2.05, 4.69) is 15.1 Å². The third-order valence-electron chi connectivity index (χ3n) is 5.05. The maximum atomic E-state index is 13.3. The van der Waals surface area contributed by atoms with Gasteiger partial charge in [0.05, 0.1) is 17.6 Å². The van der Waals surface area contributed by atoms with Crippen LogP contribution >= 0.6 is 0 Å². The lowest BCUT2D eigenvalue weighted by molar-refractivity contribution is -0.123. The molecule has 0 spiro atoms. The van der Waals surface area contributed by atoms with E-state index in [1.807, 2.05) is 17.7 Å². The molecular formula is C22H22FN5O2. The lowest BCUT2D eigenvalue weighted by Gasteiger charge is -2.27. The minimum Gasteiger partial charge on any atom is -0.299 e. The minimum atomic E-state index is -0.426. The minimum absolute atomic E-state index is 0.0213. The van der Waals surface area contributed by atoms with Gasteiger partial charge in [-0.2, -0.15) is 5.10 Å². The van der Waals surface area contributed by atoms with E-state index in [-0.39, 0.29) is 31.0 Å². The maximum absolute atomic E-state index is 13.3. The Morgan fingerprint density at radius 1 is 1.10 bits per heavy atom. The third kappa shape index (κ3) is 4.42. The van der Waals surface area contributed by atoms with Crippen molar-refractivity contribution in [3.05, 3.63) is 59.9 Å². The number of halogens is 1. The summed E-state index contributed by atoms with van der Waals surface area (Å²) in [5.74, 6) is 0.302. The second kappa shape index (κ2) is 8.52. The predicted molar refractivity (Wildman–Crippen MR) is 109 cm³/mol. The van der Waals surface area contributed by atoms with E-state index in [1.165, 1.54) is 12.3 Å². The van der Waals surface area contributed by atoms with E-state index < -0.39 is 5.82 Å². The van der Waals surface area contributed by atoms with Crippen molar-refractivity contribution < 1.29 is 14.0 Å². The fourth-order valence-corrected chi connectivity index (χ4v) is 3.61. The molecule has 0 N–H and O–H groups in total. The van der Waals surface area contributed by atoms with E-state index in [1.54, 1.807) is 23.2 Å². The molecule has 0 radical (unpaired) electrons. The number of Topliss-reactive ketones (excluding diaryl/α,β-unsaturated/α-hetero) is 1. The number of amides is 1. The first-order valence-corrected chi connectivity index (χ1v) is 9.92. The van der Waals surface area contributed by atoms with Crippen LogP contribution in [0.1, 0.15) is 30.5 Å². The molecule has 0 bridgehead atoms. The lowest BCUT2D eigenvalue weighted by Crippen LogP contribution is -2.37. The lowest BCUT2D eigenvalue weighted by atomic mass is 10.1. The molecule has 7 nitrogen and oxygen atoms in total.